The van der Waals surface area contributed by atoms with Crippen molar-refractivity contribution in [3.8, 4) is 40.2 Å². The Morgan fingerprint density at radius 3 is 1.77 bits per heavy atom. The maximum Gasteiger partial charge on any atom is 0.306 e. The topological polar surface area (TPSA) is 122 Å². The van der Waals surface area contributed by atoms with E-state index in [4.69, 9.17) is 42.6 Å². The molecule has 1 N–H and O–H groups in total. The molecule has 0 spiro atoms. The van der Waals surface area contributed by atoms with E-state index >= 15 is 0 Å². The van der Waals surface area contributed by atoms with E-state index in [2.05, 4.69) is 31.3 Å². The second-order valence-electron chi connectivity index (χ2n) is 15.9. The van der Waals surface area contributed by atoms with E-state index in [1.54, 1.807) is 49.8 Å². The molecule has 2 aliphatic heterocycles. The summed E-state index contributed by atoms with van der Waals surface area (Å²) in [6.07, 6.45) is 8.91. The van der Waals surface area contributed by atoms with Gasteiger partial charge in [-0.15, -0.1) is 0 Å². The second-order valence-corrected chi connectivity index (χ2v) is 15.9. The molecule has 60 heavy (non-hydrogen) atoms. The fraction of sp³-hybridized carbons (Fsp3) is 0.532. The summed E-state index contributed by atoms with van der Waals surface area (Å²) in [5.74, 6) is 4.50. The Kier molecular flexibility index (Phi) is 17.2. The quantitative estimate of drug-likeness (QED) is 0.0552. The number of nitrogens with zero attached hydrogens (tertiary/aromatic N) is 1. The molecule has 0 radical (unpaired) electrons. The molecule has 0 aromatic heterocycles. The first kappa shape index (κ1) is 45.9. The van der Waals surface area contributed by atoms with Crippen molar-refractivity contribution in [2.24, 2.45) is 0 Å². The zero-order valence-electron chi connectivity index (χ0n) is 36.9. The van der Waals surface area contributed by atoms with Crippen molar-refractivity contribution in [1.82, 2.24) is 0 Å². The van der Waals surface area contributed by atoms with Crippen LogP contribution in [0, 0.1) is 0 Å². The lowest BCUT2D eigenvalue weighted by molar-refractivity contribution is -0.926. The highest BCUT2D eigenvalue weighted by Gasteiger charge is 2.36. The molecule has 2 heterocycles. The Morgan fingerprint density at radius 2 is 1.20 bits per heavy atom. The van der Waals surface area contributed by atoms with Crippen LogP contribution in [0.1, 0.15) is 72.3 Å². The summed E-state index contributed by atoms with van der Waals surface area (Å²) in [4.78, 5) is 26.4. The molecule has 0 saturated carbocycles. The van der Waals surface area contributed by atoms with Crippen LogP contribution >= 0.6 is 0 Å². The van der Waals surface area contributed by atoms with Gasteiger partial charge in [-0.2, -0.15) is 0 Å². The summed E-state index contributed by atoms with van der Waals surface area (Å²) in [6.45, 7) is 6.21. The van der Waals surface area contributed by atoms with Crippen molar-refractivity contribution in [3.63, 3.8) is 0 Å². The summed E-state index contributed by atoms with van der Waals surface area (Å²) in [7, 11) is 13.8. The Balaban J connectivity index is 1.01. The maximum absolute atomic E-state index is 12.6. The van der Waals surface area contributed by atoms with Crippen LogP contribution < -0.4 is 38.1 Å². The smallest absolute Gasteiger partial charge is 0.306 e. The molecular formula is C47H66N2O11+2. The molecule has 2 aliphatic rings. The first-order valence-electron chi connectivity index (χ1n) is 21.0. The fourth-order valence-electron chi connectivity index (χ4n) is 8.61. The van der Waals surface area contributed by atoms with E-state index in [1.165, 1.54) is 27.2 Å². The van der Waals surface area contributed by atoms with Gasteiger partial charge in [-0.1, -0.05) is 12.2 Å². The van der Waals surface area contributed by atoms with Gasteiger partial charge in [0.05, 0.1) is 96.2 Å². The number of likely N-dealkylation sites (N-methyl/N-ethyl adjacent to an activating group) is 1. The number of nitrogens with one attached hydrogen (secondary N) is 1. The van der Waals surface area contributed by atoms with Gasteiger partial charge in [-0.25, -0.2) is 0 Å². The van der Waals surface area contributed by atoms with Gasteiger partial charge in [0, 0.05) is 49.1 Å². The zero-order chi connectivity index (χ0) is 43.1. The Hall–Kier alpha value is -5.14. The third kappa shape index (κ3) is 12.2. The van der Waals surface area contributed by atoms with Crippen LogP contribution in [0.2, 0.25) is 0 Å². The van der Waals surface area contributed by atoms with Crippen LogP contribution in [0.15, 0.2) is 48.6 Å². The summed E-state index contributed by atoms with van der Waals surface area (Å²) in [6, 6.07) is 12.4. The molecule has 0 aliphatic carbocycles. The van der Waals surface area contributed by atoms with E-state index in [-0.39, 0.29) is 17.9 Å². The zero-order valence-corrected chi connectivity index (χ0v) is 36.9. The Bertz CT molecular complexity index is 1910. The van der Waals surface area contributed by atoms with E-state index in [1.807, 2.05) is 24.3 Å². The molecule has 13 heteroatoms. The van der Waals surface area contributed by atoms with Crippen molar-refractivity contribution in [1.29, 1.82) is 0 Å². The second kappa shape index (κ2) is 22.5. The number of hydrogen-bond donors (Lipinski definition) is 1. The minimum atomic E-state index is -0.221. The van der Waals surface area contributed by atoms with Gasteiger partial charge in [-0.3, -0.25) is 9.59 Å². The number of esters is 2. The number of quaternary nitrogens is 2. The van der Waals surface area contributed by atoms with Gasteiger partial charge in [0.15, 0.2) is 34.5 Å². The summed E-state index contributed by atoms with van der Waals surface area (Å²) >= 11 is 0. The molecule has 0 amide bonds. The number of carbonyl (C=O) groups excluding carboxylic acids is 2. The number of allylic oxidation sites excluding steroid dienone is 2. The first-order chi connectivity index (χ1) is 29.1. The van der Waals surface area contributed by atoms with Crippen LogP contribution in [0.4, 0.5) is 0 Å². The number of fused-ring (bicyclic) bond motifs is 2. The molecule has 0 fully saturated rings. The van der Waals surface area contributed by atoms with Gasteiger partial charge >= 0.3 is 11.9 Å². The molecule has 328 valence electrons. The average molecular weight is 835 g/mol. The monoisotopic (exact) mass is 834 g/mol. The average Bonchev–Trinajstić information content (AvgIpc) is 3.26. The van der Waals surface area contributed by atoms with Crippen LogP contribution in [-0.2, 0) is 45.0 Å². The van der Waals surface area contributed by atoms with Crippen LogP contribution in [0.25, 0.3) is 0 Å². The molecule has 0 bridgehead atoms. The first-order valence-corrected chi connectivity index (χ1v) is 21.0. The lowest BCUT2D eigenvalue weighted by Crippen LogP contribution is -3.11. The molecule has 3 aromatic carbocycles. The third-order valence-corrected chi connectivity index (χ3v) is 11.6. The number of methoxy groups -OCH3 is 7. The highest BCUT2D eigenvalue weighted by atomic mass is 16.5. The molecule has 0 saturated heterocycles. The maximum atomic E-state index is 12.6. The Morgan fingerprint density at radius 1 is 0.667 bits per heavy atom. The highest BCUT2D eigenvalue weighted by Crippen LogP contribution is 2.43. The number of hydrogen-bond acceptors (Lipinski definition) is 11. The van der Waals surface area contributed by atoms with Gasteiger partial charge in [-0.05, 0) is 72.4 Å². The van der Waals surface area contributed by atoms with Crippen molar-refractivity contribution in [2.75, 3.05) is 96.2 Å². The molecule has 5 rings (SSSR count). The predicted molar refractivity (Wildman–Crippen MR) is 228 cm³/mol. The summed E-state index contributed by atoms with van der Waals surface area (Å²) in [5.41, 5.74) is 6.10. The molecule has 13 nitrogen and oxygen atoms in total. The minimum absolute atomic E-state index is 0.166. The van der Waals surface area contributed by atoms with Crippen molar-refractivity contribution in [3.05, 3.63) is 76.4 Å². The van der Waals surface area contributed by atoms with Gasteiger partial charge in [0.1, 0.15) is 13.1 Å². The van der Waals surface area contributed by atoms with Crippen molar-refractivity contribution < 1.29 is 61.6 Å². The lowest BCUT2D eigenvalue weighted by atomic mass is 9.83. The molecular weight excluding hydrogens is 769 g/mol. The van der Waals surface area contributed by atoms with E-state index in [0.29, 0.717) is 67.6 Å². The minimum Gasteiger partial charge on any atom is -0.493 e. The predicted octanol–water partition coefficient (Wildman–Crippen LogP) is 5.66. The number of ether oxygens (including phenoxy) is 9. The Labute approximate surface area is 356 Å². The number of rotatable bonds is 23. The van der Waals surface area contributed by atoms with Gasteiger partial charge < -0.3 is 52.0 Å². The summed E-state index contributed by atoms with van der Waals surface area (Å²) in [5, 5.41) is 0. The van der Waals surface area contributed by atoms with Crippen LogP contribution in [0.5, 0.6) is 40.2 Å². The van der Waals surface area contributed by atoms with Gasteiger partial charge in [0.2, 0.25) is 5.75 Å². The van der Waals surface area contributed by atoms with E-state index in [0.717, 1.165) is 86.5 Å². The van der Waals surface area contributed by atoms with Crippen LogP contribution in [-0.4, -0.2) is 113 Å². The molecule has 3 unspecified atom stereocenters. The largest absolute Gasteiger partial charge is 0.493 e. The summed E-state index contributed by atoms with van der Waals surface area (Å²) < 4.78 is 51.1. The fourth-order valence-corrected chi connectivity index (χ4v) is 8.61. The van der Waals surface area contributed by atoms with E-state index < -0.39 is 0 Å². The van der Waals surface area contributed by atoms with Gasteiger partial charge in [0.25, 0.3) is 0 Å². The standard InChI is InChI=1S/C47H65N2O11/c1-49(31-36(38-29-42(55-5)41(54-4)28-37(38)32-49)23-33-24-43(56-6)47(58-8)44(25-33)57-7)20-14-22-60-46(51)16-12-10-9-11-15-45(50)59-21-13-18-48-19-17-34-26-39(52-2)40(53-3)27-35(34)30-48/h9-10,24-29,36H,11-23,30-32H2,1-8H3/q+1/p+1/b10-9+. The SMILES string of the molecule is COc1cc2c(cc1OC)C[NH+](CCCOC(=O)CC/C=C/CCC(=O)OCCC[N+]1(C)Cc3cc(OC)c(OC)cc3C(Cc3cc(OC)c(OC)c(OC)c3)C1)CC2. The number of benzene rings is 3. The lowest BCUT2D eigenvalue weighted by Gasteiger charge is -2.43. The molecule has 3 atom stereocenters. The van der Waals surface area contributed by atoms with E-state index in [9.17, 15) is 9.59 Å². The third-order valence-electron chi connectivity index (χ3n) is 11.6. The van der Waals surface area contributed by atoms with Crippen LogP contribution in [0.3, 0.4) is 0 Å². The highest BCUT2D eigenvalue weighted by molar-refractivity contribution is 5.70. The van der Waals surface area contributed by atoms with Crippen molar-refractivity contribution >= 4 is 11.9 Å². The van der Waals surface area contributed by atoms with Crippen molar-refractivity contribution in [2.45, 2.75) is 70.4 Å². The molecule has 3 aromatic rings. The number of carbonyl (C=O) groups is 2. The normalized spacial score (nSPS) is 18.2.